The van der Waals surface area contributed by atoms with Crippen molar-refractivity contribution < 1.29 is 14.3 Å². The van der Waals surface area contributed by atoms with Gasteiger partial charge in [-0.1, -0.05) is 66.2 Å². The predicted molar refractivity (Wildman–Crippen MR) is 143 cm³/mol. The Balaban J connectivity index is 1.44. The average molecular weight is 516 g/mol. The molecule has 6 nitrogen and oxygen atoms in total. The van der Waals surface area contributed by atoms with Gasteiger partial charge in [0.2, 0.25) is 6.10 Å². The Labute approximate surface area is 217 Å². The molecule has 0 aliphatic rings. The number of hydrogen-bond acceptors (Lipinski definition) is 5. The maximum Gasteiger partial charge on any atom is 0.349 e. The third-order valence-corrected chi connectivity index (χ3v) is 7.25. The molecule has 0 radical (unpaired) electrons. The monoisotopic (exact) mass is 515 g/mol. The molecular formula is C28H22ClN3O3S. The molecule has 1 amide bonds. The maximum absolute atomic E-state index is 13.3. The molecule has 180 valence electrons. The first-order chi connectivity index (χ1) is 17.4. The van der Waals surface area contributed by atoms with Gasteiger partial charge < -0.3 is 10.1 Å². The third-order valence-electron chi connectivity index (χ3n) is 5.75. The molecule has 0 spiro atoms. The lowest BCUT2D eigenvalue weighted by Crippen LogP contribution is -2.25. The number of aryl methyl sites for hydroxylation is 2. The van der Waals surface area contributed by atoms with E-state index in [1.165, 1.54) is 11.3 Å². The Morgan fingerprint density at radius 2 is 1.67 bits per heavy atom. The number of esters is 1. The molecule has 0 aliphatic carbocycles. The van der Waals surface area contributed by atoms with Gasteiger partial charge in [0.15, 0.2) is 0 Å². The number of carbonyl (C=O) groups excluding carboxylic acids is 2. The zero-order chi connectivity index (χ0) is 25.2. The summed E-state index contributed by atoms with van der Waals surface area (Å²) in [5, 5.41) is 8.84. The molecule has 3 aromatic carbocycles. The number of hydrogen-bond donors (Lipinski definition) is 1. The van der Waals surface area contributed by atoms with Crippen LogP contribution in [-0.4, -0.2) is 21.7 Å². The summed E-state index contributed by atoms with van der Waals surface area (Å²) in [6.45, 7) is 3.78. The van der Waals surface area contributed by atoms with E-state index in [9.17, 15) is 9.59 Å². The predicted octanol–water partition coefficient (Wildman–Crippen LogP) is 6.89. The summed E-state index contributed by atoms with van der Waals surface area (Å²) in [5.41, 5.74) is 3.69. The van der Waals surface area contributed by atoms with Gasteiger partial charge in [-0.2, -0.15) is 5.10 Å². The van der Waals surface area contributed by atoms with E-state index in [2.05, 4.69) is 10.4 Å². The van der Waals surface area contributed by atoms with Gasteiger partial charge in [0.1, 0.15) is 9.71 Å². The van der Waals surface area contributed by atoms with Crippen LogP contribution in [0.5, 0.6) is 0 Å². The molecular weight excluding hydrogens is 494 g/mol. The number of nitrogens with one attached hydrogen (secondary N) is 1. The van der Waals surface area contributed by atoms with Gasteiger partial charge in [-0.25, -0.2) is 9.48 Å². The van der Waals surface area contributed by atoms with Crippen molar-refractivity contribution in [2.75, 3.05) is 5.32 Å². The second kappa shape index (κ2) is 9.97. The smallest absolute Gasteiger partial charge is 0.349 e. The van der Waals surface area contributed by atoms with E-state index in [1.54, 1.807) is 42.5 Å². The first kappa shape index (κ1) is 23.8. The fraction of sp³-hybridized carbons (Fsp3) is 0.107. The number of benzene rings is 3. The van der Waals surface area contributed by atoms with Crippen molar-refractivity contribution in [3.63, 3.8) is 0 Å². The lowest BCUT2D eigenvalue weighted by atomic mass is 10.1. The highest BCUT2D eigenvalue weighted by Crippen LogP contribution is 2.32. The summed E-state index contributed by atoms with van der Waals surface area (Å²) >= 11 is 7.49. The quantitative estimate of drug-likeness (QED) is 0.250. The minimum Gasteiger partial charge on any atom is -0.443 e. The van der Waals surface area contributed by atoms with E-state index in [0.29, 0.717) is 21.2 Å². The number of rotatable bonds is 6. The molecule has 1 N–H and O–H groups in total. The van der Waals surface area contributed by atoms with E-state index in [0.717, 1.165) is 27.2 Å². The first-order valence-corrected chi connectivity index (χ1v) is 12.5. The molecule has 0 saturated carbocycles. The molecule has 36 heavy (non-hydrogen) atoms. The standard InChI is InChI=1S/C28H22ClN3O3S/c1-17-13-14-20(15-23(17)29)30-26(33)25(19-9-5-3-6-10-19)35-28(34)24-16-22-18(2)31-32(27(22)36-24)21-11-7-4-8-12-21/h3-16,25H,1-2H3,(H,30,33)/t25-/m0/s1. The fourth-order valence-corrected chi connectivity index (χ4v) is 5.08. The maximum atomic E-state index is 13.3. The van der Waals surface area contributed by atoms with Gasteiger partial charge in [0.05, 0.1) is 11.4 Å². The third kappa shape index (κ3) is 4.76. The van der Waals surface area contributed by atoms with E-state index in [4.69, 9.17) is 16.3 Å². The van der Waals surface area contributed by atoms with Crippen LogP contribution in [-0.2, 0) is 9.53 Å². The summed E-state index contributed by atoms with van der Waals surface area (Å²) in [5.74, 6) is -1.05. The number of aromatic nitrogens is 2. The number of ether oxygens (including phenoxy) is 1. The van der Waals surface area contributed by atoms with Gasteiger partial charge in [-0.3, -0.25) is 4.79 Å². The first-order valence-electron chi connectivity index (χ1n) is 11.3. The van der Waals surface area contributed by atoms with Crippen molar-refractivity contribution in [2.45, 2.75) is 20.0 Å². The molecule has 5 aromatic rings. The van der Waals surface area contributed by atoms with E-state index < -0.39 is 18.0 Å². The number of fused-ring (bicyclic) bond motifs is 1. The highest BCUT2D eigenvalue weighted by atomic mass is 35.5. The van der Waals surface area contributed by atoms with Gasteiger partial charge in [-0.05, 0) is 49.7 Å². The van der Waals surface area contributed by atoms with Crippen LogP contribution in [0.4, 0.5) is 5.69 Å². The Hall–Kier alpha value is -3.94. The largest absolute Gasteiger partial charge is 0.443 e. The highest BCUT2D eigenvalue weighted by molar-refractivity contribution is 7.20. The normalized spacial score (nSPS) is 11.9. The van der Waals surface area contributed by atoms with Crippen molar-refractivity contribution >= 4 is 50.7 Å². The summed E-state index contributed by atoms with van der Waals surface area (Å²) in [6.07, 6.45) is -1.14. The number of para-hydroxylation sites is 1. The summed E-state index contributed by atoms with van der Waals surface area (Å²) in [4.78, 5) is 27.7. The Bertz CT molecular complexity index is 1560. The number of thiophene rings is 1. The average Bonchev–Trinajstić information content (AvgIpc) is 3.46. The lowest BCUT2D eigenvalue weighted by Gasteiger charge is -2.18. The second-order valence-electron chi connectivity index (χ2n) is 8.31. The van der Waals surface area contributed by atoms with Crippen molar-refractivity contribution in [3.05, 3.63) is 112 Å². The fourth-order valence-electron chi connectivity index (χ4n) is 3.84. The molecule has 1 atom stereocenters. The zero-order valence-corrected chi connectivity index (χ0v) is 21.1. The van der Waals surface area contributed by atoms with Gasteiger partial charge in [0.25, 0.3) is 5.91 Å². The van der Waals surface area contributed by atoms with Crippen LogP contribution >= 0.6 is 22.9 Å². The van der Waals surface area contributed by atoms with Crippen molar-refractivity contribution in [1.82, 2.24) is 9.78 Å². The molecule has 0 bridgehead atoms. The molecule has 0 aliphatic heterocycles. The lowest BCUT2D eigenvalue weighted by molar-refractivity contribution is -0.125. The number of carbonyl (C=O) groups is 2. The van der Waals surface area contributed by atoms with Crippen LogP contribution in [0.25, 0.3) is 15.9 Å². The van der Waals surface area contributed by atoms with E-state index >= 15 is 0 Å². The van der Waals surface area contributed by atoms with Gasteiger partial charge in [0, 0.05) is 21.7 Å². The second-order valence-corrected chi connectivity index (χ2v) is 9.75. The molecule has 0 saturated heterocycles. The number of anilines is 1. The van der Waals surface area contributed by atoms with Crippen LogP contribution in [0.2, 0.25) is 5.02 Å². The van der Waals surface area contributed by atoms with Crippen molar-refractivity contribution in [3.8, 4) is 5.69 Å². The summed E-state index contributed by atoms with van der Waals surface area (Å²) in [6, 6.07) is 25.7. The Morgan fingerprint density at radius 3 is 2.36 bits per heavy atom. The highest BCUT2D eigenvalue weighted by Gasteiger charge is 2.27. The number of amides is 1. The molecule has 0 unspecified atom stereocenters. The Morgan fingerprint density at radius 1 is 0.972 bits per heavy atom. The zero-order valence-electron chi connectivity index (χ0n) is 19.6. The Kier molecular flexibility index (Phi) is 6.59. The van der Waals surface area contributed by atoms with Crippen molar-refractivity contribution in [2.24, 2.45) is 0 Å². The SMILES string of the molecule is Cc1ccc(NC(=O)[C@@H](OC(=O)c2cc3c(C)nn(-c4ccccc4)c3s2)c2ccccc2)cc1Cl. The van der Waals surface area contributed by atoms with Crippen LogP contribution < -0.4 is 5.32 Å². The van der Waals surface area contributed by atoms with Crippen LogP contribution in [0.15, 0.2) is 84.9 Å². The summed E-state index contributed by atoms with van der Waals surface area (Å²) in [7, 11) is 0. The van der Waals surface area contributed by atoms with Crippen molar-refractivity contribution in [1.29, 1.82) is 0 Å². The molecule has 2 aromatic heterocycles. The molecule has 0 fully saturated rings. The van der Waals surface area contributed by atoms with Gasteiger partial charge >= 0.3 is 5.97 Å². The molecule has 8 heteroatoms. The van der Waals surface area contributed by atoms with Crippen LogP contribution in [0, 0.1) is 13.8 Å². The minimum absolute atomic E-state index is 0.391. The molecule has 2 heterocycles. The topological polar surface area (TPSA) is 73.2 Å². The molecule has 5 rings (SSSR count). The van der Waals surface area contributed by atoms with Crippen LogP contribution in [0.3, 0.4) is 0 Å². The van der Waals surface area contributed by atoms with Gasteiger partial charge in [-0.15, -0.1) is 11.3 Å². The van der Waals surface area contributed by atoms with E-state index in [-0.39, 0.29) is 0 Å². The van der Waals surface area contributed by atoms with Crippen LogP contribution in [0.1, 0.15) is 32.6 Å². The number of nitrogens with zero attached hydrogens (tertiary/aromatic N) is 2. The number of halogens is 1. The summed E-state index contributed by atoms with van der Waals surface area (Å²) < 4.78 is 7.61. The van der Waals surface area contributed by atoms with E-state index in [1.807, 2.05) is 61.0 Å². The minimum atomic E-state index is -1.14.